The van der Waals surface area contributed by atoms with E-state index in [1.54, 1.807) is 30.3 Å². The van der Waals surface area contributed by atoms with Crippen molar-refractivity contribution in [3.63, 3.8) is 0 Å². The molecular formula is C17H21NO4. The standard InChI is InChI=1S/C10H15NO2.C7H6O2/c1-12-10(11,13-2)8-9-6-4-3-5-7-9;8-7(9)6-4-2-1-3-5-6/h3-7H,8,11H2,1-2H3;1-5H,(H,8,9). The molecule has 2 rings (SSSR count). The monoisotopic (exact) mass is 303 g/mol. The minimum Gasteiger partial charge on any atom is -0.478 e. The molecule has 0 bridgehead atoms. The number of ether oxygens (including phenoxy) is 2. The molecule has 2 aromatic rings. The van der Waals surface area contributed by atoms with Crippen molar-refractivity contribution in [1.29, 1.82) is 0 Å². The van der Waals surface area contributed by atoms with E-state index < -0.39 is 11.9 Å². The van der Waals surface area contributed by atoms with Crippen LogP contribution in [0.25, 0.3) is 0 Å². The molecule has 2 aromatic carbocycles. The molecule has 0 saturated heterocycles. The van der Waals surface area contributed by atoms with Gasteiger partial charge in [0.25, 0.3) is 0 Å². The summed E-state index contributed by atoms with van der Waals surface area (Å²) in [4.78, 5) is 10.2. The van der Waals surface area contributed by atoms with Crippen LogP contribution < -0.4 is 5.73 Å². The fraction of sp³-hybridized carbons (Fsp3) is 0.235. The van der Waals surface area contributed by atoms with E-state index in [1.165, 1.54) is 14.2 Å². The first kappa shape index (κ1) is 17.8. The van der Waals surface area contributed by atoms with Crippen LogP contribution in [-0.2, 0) is 15.9 Å². The molecule has 0 aliphatic carbocycles. The maximum Gasteiger partial charge on any atom is 0.335 e. The number of carboxylic acid groups (broad SMARTS) is 1. The third-order valence-electron chi connectivity index (χ3n) is 3.01. The third-order valence-corrected chi connectivity index (χ3v) is 3.01. The molecule has 22 heavy (non-hydrogen) atoms. The number of hydrogen-bond donors (Lipinski definition) is 2. The summed E-state index contributed by atoms with van der Waals surface area (Å²) in [6.45, 7) is 0. The smallest absolute Gasteiger partial charge is 0.335 e. The van der Waals surface area contributed by atoms with Crippen LogP contribution in [-0.4, -0.2) is 31.2 Å². The van der Waals surface area contributed by atoms with Gasteiger partial charge in [-0.1, -0.05) is 48.5 Å². The lowest BCUT2D eigenvalue weighted by Gasteiger charge is -2.25. The first-order chi connectivity index (χ1) is 10.5. The van der Waals surface area contributed by atoms with Gasteiger partial charge in [-0.05, 0) is 17.7 Å². The second-order valence-corrected chi connectivity index (χ2v) is 4.55. The van der Waals surface area contributed by atoms with Crippen LogP contribution in [0.5, 0.6) is 0 Å². The van der Waals surface area contributed by atoms with Crippen LogP contribution in [0.4, 0.5) is 0 Å². The lowest BCUT2D eigenvalue weighted by molar-refractivity contribution is -0.201. The van der Waals surface area contributed by atoms with Crippen LogP contribution in [0.3, 0.4) is 0 Å². The van der Waals surface area contributed by atoms with Crippen molar-refractivity contribution in [2.75, 3.05) is 14.2 Å². The zero-order valence-corrected chi connectivity index (χ0v) is 12.7. The van der Waals surface area contributed by atoms with Gasteiger partial charge in [0.05, 0.1) is 5.56 Å². The SMILES string of the molecule is COC(N)(Cc1ccccc1)OC.O=C(O)c1ccccc1. The van der Waals surface area contributed by atoms with Crippen molar-refractivity contribution in [3.8, 4) is 0 Å². The molecule has 0 saturated carbocycles. The van der Waals surface area contributed by atoms with E-state index in [9.17, 15) is 4.79 Å². The first-order valence-corrected chi connectivity index (χ1v) is 6.72. The number of methoxy groups -OCH3 is 2. The molecule has 0 fully saturated rings. The van der Waals surface area contributed by atoms with Gasteiger partial charge < -0.3 is 14.6 Å². The van der Waals surface area contributed by atoms with Crippen LogP contribution in [0, 0.1) is 0 Å². The van der Waals surface area contributed by atoms with E-state index in [-0.39, 0.29) is 0 Å². The molecule has 0 aliphatic heterocycles. The maximum absolute atomic E-state index is 10.2. The Morgan fingerprint density at radius 1 is 1.00 bits per heavy atom. The van der Waals surface area contributed by atoms with Crippen LogP contribution in [0.2, 0.25) is 0 Å². The predicted molar refractivity (Wildman–Crippen MR) is 84.5 cm³/mol. The average Bonchev–Trinajstić information content (AvgIpc) is 2.57. The molecule has 5 nitrogen and oxygen atoms in total. The van der Waals surface area contributed by atoms with E-state index in [4.69, 9.17) is 20.3 Å². The molecule has 0 radical (unpaired) electrons. The molecule has 0 atom stereocenters. The van der Waals surface area contributed by atoms with Crippen LogP contribution >= 0.6 is 0 Å². The maximum atomic E-state index is 10.2. The highest BCUT2D eigenvalue weighted by molar-refractivity contribution is 5.87. The summed E-state index contributed by atoms with van der Waals surface area (Å²) >= 11 is 0. The van der Waals surface area contributed by atoms with E-state index in [2.05, 4.69) is 0 Å². The fourth-order valence-corrected chi connectivity index (χ4v) is 1.69. The lowest BCUT2D eigenvalue weighted by atomic mass is 10.1. The minimum absolute atomic E-state index is 0.331. The van der Waals surface area contributed by atoms with Crippen LogP contribution in [0.15, 0.2) is 60.7 Å². The number of aromatic carboxylic acids is 1. The number of carbonyl (C=O) groups is 1. The Labute approximate surface area is 130 Å². The Morgan fingerprint density at radius 3 is 1.82 bits per heavy atom. The van der Waals surface area contributed by atoms with E-state index in [1.807, 2.05) is 30.3 Å². The Bertz CT molecular complexity index is 553. The van der Waals surface area contributed by atoms with E-state index in [0.717, 1.165) is 5.56 Å². The summed E-state index contributed by atoms with van der Waals surface area (Å²) in [6, 6.07) is 18.1. The molecule has 0 aliphatic rings. The number of carboxylic acids is 1. The van der Waals surface area contributed by atoms with Gasteiger partial charge in [-0.2, -0.15) is 0 Å². The summed E-state index contributed by atoms with van der Waals surface area (Å²) in [7, 11) is 3.07. The summed E-state index contributed by atoms with van der Waals surface area (Å²) < 4.78 is 10.1. The van der Waals surface area contributed by atoms with Crippen molar-refractivity contribution in [1.82, 2.24) is 0 Å². The highest BCUT2D eigenvalue weighted by Crippen LogP contribution is 2.11. The predicted octanol–water partition coefficient (Wildman–Crippen LogP) is 2.52. The third kappa shape index (κ3) is 6.05. The lowest BCUT2D eigenvalue weighted by Crippen LogP contribution is -2.45. The van der Waals surface area contributed by atoms with Gasteiger partial charge in [0.2, 0.25) is 5.91 Å². The Balaban J connectivity index is 0.000000235. The molecule has 0 spiro atoms. The molecule has 0 aromatic heterocycles. The largest absolute Gasteiger partial charge is 0.478 e. The molecule has 0 heterocycles. The van der Waals surface area contributed by atoms with E-state index >= 15 is 0 Å². The van der Waals surface area contributed by atoms with Crippen molar-refractivity contribution in [2.45, 2.75) is 12.3 Å². The molecular weight excluding hydrogens is 282 g/mol. The Morgan fingerprint density at radius 2 is 1.45 bits per heavy atom. The fourth-order valence-electron chi connectivity index (χ4n) is 1.69. The van der Waals surface area contributed by atoms with Crippen molar-refractivity contribution in [3.05, 3.63) is 71.8 Å². The summed E-state index contributed by atoms with van der Waals surface area (Å²) in [5.74, 6) is -1.89. The van der Waals surface area contributed by atoms with Gasteiger partial charge in [0, 0.05) is 20.6 Å². The molecule has 118 valence electrons. The second-order valence-electron chi connectivity index (χ2n) is 4.55. The summed E-state index contributed by atoms with van der Waals surface area (Å²) in [6.07, 6.45) is 0.542. The number of nitrogens with two attached hydrogens (primary N) is 1. The second kappa shape index (κ2) is 8.94. The first-order valence-electron chi connectivity index (χ1n) is 6.72. The zero-order chi connectivity index (χ0) is 16.4. The molecule has 0 amide bonds. The van der Waals surface area contributed by atoms with Crippen molar-refractivity contribution < 1.29 is 19.4 Å². The van der Waals surface area contributed by atoms with Crippen molar-refractivity contribution in [2.24, 2.45) is 5.73 Å². The number of rotatable bonds is 5. The highest BCUT2D eigenvalue weighted by Gasteiger charge is 2.23. The quantitative estimate of drug-likeness (QED) is 0.829. The number of benzene rings is 2. The summed E-state index contributed by atoms with van der Waals surface area (Å²) in [5, 5.41) is 8.38. The minimum atomic E-state index is -1.01. The van der Waals surface area contributed by atoms with Gasteiger partial charge in [-0.3, -0.25) is 5.73 Å². The Hall–Kier alpha value is -2.21. The van der Waals surface area contributed by atoms with Gasteiger partial charge in [0.15, 0.2) is 0 Å². The van der Waals surface area contributed by atoms with Crippen molar-refractivity contribution >= 4 is 5.97 Å². The summed E-state index contributed by atoms with van der Waals surface area (Å²) in [5.41, 5.74) is 7.21. The van der Waals surface area contributed by atoms with Crippen LogP contribution in [0.1, 0.15) is 15.9 Å². The van der Waals surface area contributed by atoms with Gasteiger partial charge >= 0.3 is 5.97 Å². The highest BCUT2D eigenvalue weighted by atomic mass is 16.7. The van der Waals surface area contributed by atoms with Gasteiger partial charge in [-0.15, -0.1) is 0 Å². The van der Waals surface area contributed by atoms with E-state index in [0.29, 0.717) is 12.0 Å². The zero-order valence-electron chi connectivity index (χ0n) is 12.7. The van der Waals surface area contributed by atoms with Gasteiger partial charge in [0.1, 0.15) is 0 Å². The molecule has 3 N–H and O–H groups in total. The normalized spacial score (nSPS) is 10.5. The number of hydrogen-bond acceptors (Lipinski definition) is 4. The average molecular weight is 303 g/mol. The van der Waals surface area contributed by atoms with Gasteiger partial charge in [-0.25, -0.2) is 4.79 Å². The molecule has 0 unspecified atom stereocenters. The topological polar surface area (TPSA) is 81.8 Å². The molecule has 5 heteroatoms. The Kier molecular flexibility index (Phi) is 7.25.